The minimum Gasteiger partial charge on any atom is -0.326 e. The van der Waals surface area contributed by atoms with Crippen LogP contribution in [0.4, 0.5) is 5.69 Å². The third-order valence-corrected chi connectivity index (χ3v) is 6.11. The van der Waals surface area contributed by atoms with E-state index in [2.05, 4.69) is 28.9 Å². The molecule has 1 amide bonds. The summed E-state index contributed by atoms with van der Waals surface area (Å²) in [7, 11) is -3.53. The maximum atomic E-state index is 12.1. The number of sulfonamides is 1. The maximum Gasteiger partial charge on any atom is 0.240 e. The van der Waals surface area contributed by atoms with Crippen molar-refractivity contribution >= 4 is 33.0 Å². The molecule has 2 rings (SSSR count). The average molecular weight is 382 g/mol. The van der Waals surface area contributed by atoms with E-state index in [1.165, 1.54) is 12.1 Å². The normalized spacial score (nSPS) is 11.9. The molecule has 2 aromatic rings. The largest absolute Gasteiger partial charge is 0.326 e. The smallest absolute Gasteiger partial charge is 0.240 e. The topological polar surface area (TPSA) is 88.2 Å². The van der Waals surface area contributed by atoms with Gasteiger partial charge in [0.1, 0.15) is 0 Å². The second-order valence-electron chi connectivity index (χ2n) is 6.36. The van der Waals surface area contributed by atoms with Crippen molar-refractivity contribution in [3.8, 4) is 0 Å². The molecule has 2 N–H and O–H groups in total. The molecule has 1 aromatic carbocycles. The van der Waals surface area contributed by atoms with E-state index in [1.54, 1.807) is 37.3 Å². The Bertz CT molecular complexity index is 825. The number of thiazole rings is 1. The third kappa shape index (κ3) is 5.62. The molecule has 6 nitrogen and oxygen atoms in total. The molecular weight excluding hydrogens is 358 g/mol. The molecule has 0 aliphatic heterocycles. The molecule has 1 heterocycles. The van der Waals surface area contributed by atoms with Crippen LogP contribution in [-0.2, 0) is 21.2 Å². The highest BCUT2D eigenvalue weighted by atomic mass is 32.2. The fourth-order valence-corrected chi connectivity index (χ4v) is 4.22. The molecular formula is C17H23N3O3S2. The first-order valence-corrected chi connectivity index (χ1v) is 10.4. The molecule has 0 saturated carbocycles. The highest BCUT2D eigenvalue weighted by Gasteiger charge is 2.15. The lowest BCUT2D eigenvalue weighted by molar-refractivity contribution is -0.115. The van der Waals surface area contributed by atoms with Crippen LogP contribution >= 0.6 is 11.3 Å². The van der Waals surface area contributed by atoms with Crippen molar-refractivity contribution in [2.75, 3.05) is 5.32 Å². The number of rotatable bonds is 7. The van der Waals surface area contributed by atoms with Crippen molar-refractivity contribution in [3.05, 3.63) is 40.3 Å². The van der Waals surface area contributed by atoms with Gasteiger partial charge in [0.25, 0.3) is 0 Å². The molecule has 0 aliphatic carbocycles. The highest BCUT2D eigenvalue weighted by molar-refractivity contribution is 7.89. The molecule has 0 bridgehead atoms. The van der Waals surface area contributed by atoms with Crippen molar-refractivity contribution < 1.29 is 13.2 Å². The van der Waals surface area contributed by atoms with Crippen LogP contribution in [0.5, 0.6) is 0 Å². The quantitative estimate of drug-likeness (QED) is 0.771. The van der Waals surface area contributed by atoms with Crippen molar-refractivity contribution in [2.24, 2.45) is 0 Å². The van der Waals surface area contributed by atoms with Crippen LogP contribution in [-0.4, -0.2) is 25.4 Å². The number of nitrogens with zero attached hydrogens (tertiary/aromatic N) is 1. The fourth-order valence-electron chi connectivity index (χ4n) is 2.13. The summed E-state index contributed by atoms with van der Waals surface area (Å²) in [5.74, 6) is 0.160. The summed E-state index contributed by atoms with van der Waals surface area (Å²) in [5.41, 5.74) is 1.29. The zero-order chi connectivity index (χ0) is 18.6. The summed E-state index contributed by atoms with van der Waals surface area (Å²) in [6.07, 6.45) is 0.193. The van der Waals surface area contributed by atoms with E-state index in [4.69, 9.17) is 0 Å². The van der Waals surface area contributed by atoms with Crippen molar-refractivity contribution in [1.82, 2.24) is 9.71 Å². The summed E-state index contributed by atoms with van der Waals surface area (Å²) in [5, 5.41) is 5.66. The summed E-state index contributed by atoms with van der Waals surface area (Å²) in [6, 6.07) is 5.92. The van der Waals surface area contributed by atoms with E-state index in [9.17, 15) is 13.2 Å². The highest BCUT2D eigenvalue weighted by Crippen LogP contribution is 2.20. The Kier molecular flexibility index (Phi) is 6.31. The van der Waals surface area contributed by atoms with Crippen LogP contribution in [0.3, 0.4) is 0 Å². The predicted molar refractivity (Wildman–Crippen MR) is 100 cm³/mol. The molecule has 0 saturated heterocycles. The molecule has 25 heavy (non-hydrogen) atoms. The second kappa shape index (κ2) is 8.07. The molecule has 0 aliphatic rings. The Morgan fingerprint density at radius 3 is 2.32 bits per heavy atom. The number of benzene rings is 1. The lowest BCUT2D eigenvalue weighted by Gasteiger charge is -2.10. The van der Waals surface area contributed by atoms with Crippen LogP contribution < -0.4 is 10.0 Å². The van der Waals surface area contributed by atoms with Gasteiger partial charge in [0, 0.05) is 23.0 Å². The summed E-state index contributed by atoms with van der Waals surface area (Å²) in [4.78, 5) is 16.7. The van der Waals surface area contributed by atoms with Crippen LogP contribution in [0, 0.1) is 0 Å². The fraction of sp³-hybridized carbons (Fsp3) is 0.412. The minimum atomic E-state index is -3.53. The molecule has 0 radical (unpaired) electrons. The van der Waals surface area contributed by atoms with E-state index in [0.29, 0.717) is 11.6 Å². The van der Waals surface area contributed by atoms with E-state index in [1.807, 2.05) is 5.38 Å². The van der Waals surface area contributed by atoms with Crippen LogP contribution in [0.25, 0.3) is 0 Å². The van der Waals surface area contributed by atoms with Crippen molar-refractivity contribution in [1.29, 1.82) is 0 Å². The van der Waals surface area contributed by atoms with Gasteiger partial charge in [0.15, 0.2) is 0 Å². The summed E-state index contributed by atoms with van der Waals surface area (Å²) < 4.78 is 26.7. The first-order chi connectivity index (χ1) is 11.7. The summed E-state index contributed by atoms with van der Waals surface area (Å²) >= 11 is 1.55. The predicted octanol–water partition coefficient (Wildman–Crippen LogP) is 3.13. The van der Waals surface area contributed by atoms with Gasteiger partial charge in [-0.3, -0.25) is 4.79 Å². The Labute approximate surface area is 152 Å². The molecule has 1 aromatic heterocycles. The number of carbonyl (C=O) groups is 1. The number of aromatic nitrogens is 1. The average Bonchev–Trinajstić information content (AvgIpc) is 2.95. The van der Waals surface area contributed by atoms with E-state index in [-0.39, 0.29) is 23.3 Å². The van der Waals surface area contributed by atoms with Gasteiger partial charge in [-0.05, 0) is 38.1 Å². The maximum absolute atomic E-state index is 12.1. The Balaban J connectivity index is 1.99. The van der Waals surface area contributed by atoms with Gasteiger partial charge < -0.3 is 5.32 Å². The third-order valence-electron chi connectivity index (χ3n) is 3.24. The molecule has 136 valence electrons. The van der Waals surface area contributed by atoms with Crippen LogP contribution in [0.15, 0.2) is 34.5 Å². The standard InChI is InChI=1S/C17H23N3O3S2/c1-11(2)17-19-14(10-24-17)9-16(21)18-13-5-7-15(8-6-13)25(22,23)20-12(3)4/h5-8,10-12,20H,9H2,1-4H3,(H,18,21). The van der Waals surface area contributed by atoms with Gasteiger partial charge in [-0.25, -0.2) is 18.1 Å². The molecule has 0 unspecified atom stereocenters. The van der Waals surface area contributed by atoms with Gasteiger partial charge in [-0.2, -0.15) is 0 Å². The Morgan fingerprint density at radius 1 is 1.16 bits per heavy atom. The van der Waals surface area contributed by atoms with Gasteiger partial charge in [0.2, 0.25) is 15.9 Å². The lowest BCUT2D eigenvalue weighted by Crippen LogP contribution is -2.30. The van der Waals surface area contributed by atoms with Gasteiger partial charge in [-0.15, -0.1) is 11.3 Å². The number of nitrogens with one attached hydrogen (secondary N) is 2. The number of hydrogen-bond donors (Lipinski definition) is 2. The monoisotopic (exact) mass is 381 g/mol. The first-order valence-electron chi connectivity index (χ1n) is 8.04. The van der Waals surface area contributed by atoms with Gasteiger partial charge in [-0.1, -0.05) is 13.8 Å². The Morgan fingerprint density at radius 2 is 1.80 bits per heavy atom. The molecule has 0 spiro atoms. The lowest BCUT2D eigenvalue weighted by atomic mass is 10.2. The molecule has 0 atom stereocenters. The zero-order valence-electron chi connectivity index (χ0n) is 14.7. The number of amides is 1. The van der Waals surface area contributed by atoms with Crippen molar-refractivity contribution in [2.45, 2.75) is 51.0 Å². The SMILES string of the molecule is CC(C)NS(=O)(=O)c1ccc(NC(=O)Cc2csc(C(C)C)n2)cc1. The minimum absolute atomic E-state index is 0.167. The number of anilines is 1. The van der Waals surface area contributed by atoms with Gasteiger partial charge >= 0.3 is 0 Å². The summed E-state index contributed by atoms with van der Waals surface area (Å²) in [6.45, 7) is 7.64. The Hall–Kier alpha value is -1.77. The van der Waals surface area contributed by atoms with E-state index >= 15 is 0 Å². The molecule has 8 heteroatoms. The second-order valence-corrected chi connectivity index (χ2v) is 8.96. The number of carbonyl (C=O) groups excluding carboxylic acids is 1. The zero-order valence-corrected chi connectivity index (χ0v) is 16.4. The van der Waals surface area contributed by atoms with Gasteiger partial charge in [0.05, 0.1) is 22.0 Å². The van der Waals surface area contributed by atoms with E-state index < -0.39 is 10.0 Å². The van der Waals surface area contributed by atoms with Crippen LogP contribution in [0.1, 0.15) is 44.3 Å². The first kappa shape index (κ1) is 19.6. The number of hydrogen-bond acceptors (Lipinski definition) is 5. The van der Waals surface area contributed by atoms with Crippen LogP contribution in [0.2, 0.25) is 0 Å². The van der Waals surface area contributed by atoms with E-state index in [0.717, 1.165) is 10.7 Å². The van der Waals surface area contributed by atoms with Crippen molar-refractivity contribution in [3.63, 3.8) is 0 Å². The molecule has 0 fully saturated rings.